The van der Waals surface area contributed by atoms with Gasteiger partial charge in [-0.3, -0.25) is 4.79 Å². The van der Waals surface area contributed by atoms with Crippen LogP contribution in [-0.2, 0) is 6.54 Å². The monoisotopic (exact) mass is 285 g/mol. The quantitative estimate of drug-likeness (QED) is 0.908. The van der Waals surface area contributed by atoms with Gasteiger partial charge < -0.3 is 5.32 Å². The van der Waals surface area contributed by atoms with E-state index in [1.54, 1.807) is 24.3 Å². The molecule has 0 atom stereocenters. The van der Waals surface area contributed by atoms with E-state index in [4.69, 9.17) is 23.2 Å². The SMILES string of the molecule is O=C(NCc1ccc(Cl)s1)c1ccccc1Cl. The second kappa shape index (κ2) is 5.54. The molecule has 2 aromatic rings. The molecule has 1 aromatic heterocycles. The predicted octanol–water partition coefficient (Wildman–Crippen LogP) is 3.98. The summed E-state index contributed by atoms with van der Waals surface area (Å²) in [6.07, 6.45) is 0. The highest BCUT2D eigenvalue weighted by Gasteiger charge is 2.09. The largest absolute Gasteiger partial charge is 0.347 e. The summed E-state index contributed by atoms with van der Waals surface area (Å²) in [5, 5.41) is 3.25. The van der Waals surface area contributed by atoms with Gasteiger partial charge in [0.05, 0.1) is 21.5 Å². The Labute approximate surface area is 113 Å². The van der Waals surface area contributed by atoms with Crippen molar-refractivity contribution >= 4 is 40.4 Å². The molecular formula is C12H9Cl2NOS. The molecule has 0 aliphatic rings. The molecule has 0 saturated heterocycles. The summed E-state index contributed by atoms with van der Waals surface area (Å²) in [5.74, 6) is -0.180. The van der Waals surface area contributed by atoms with Gasteiger partial charge in [-0.25, -0.2) is 0 Å². The van der Waals surface area contributed by atoms with Gasteiger partial charge in [-0.2, -0.15) is 0 Å². The van der Waals surface area contributed by atoms with Gasteiger partial charge in [-0.1, -0.05) is 35.3 Å². The highest BCUT2D eigenvalue weighted by molar-refractivity contribution is 7.16. The Morgan fingerprint density at radius 3 is 2.59 bits per heavy atom. The van der Waals surface area contributed by atoms with Crippen LogP contribution < -0.4 is 5.32 Å². The van der Waals surface area contributed by atoms with Gasteiger partial charge in [0.15, 0.2) is 0 Å². The topological polar surface area (TPSA) is 29.1 Å². The first kappa shape index (κ1) is 12.4. The highest BCUT2D eigenvalue weighted by Crippen LogP contribution is 2.21. The van der Waals surface area contributed by atoms with E-state index >= 15 is 0 Å². The van der Waals surface area contributed by atoms with Crippen molar-refractivity contribution in [2.75, 3.05) is 0 Å². The van der Waals surface area contributed by atoms with Crippen LogP contribution in [0.15, 0.2) is 36.4 Å². The van der Waals surface area contributed by atoms with Crippen molar-refractivity contribution in [2.45, 2.75) is 6.54 Å². The zero-order valence-corrected chi connectivity index (χ0v) is 11.1. The van der Waals surface area contributed by atoms with Crippen molar-refractivity contribution < 1.29 is 4.79 Å². The van der Waals surface area contributed by atoms with Gasteiger partial charge in [0.2, 0.25) is 0 Å². The summed E-state index contributed by atoms with van der Waals surface area (Å²) in [5.41, 5.74) is 0.483. The second-order valence-corrected chi connectivity index (χ2v) is 5.58. The fourth-order valence-corrected chi connectivity index (χ4v) is 2.60. The van der Waals surface area contributed by atoms with Crippen LogP contribution in [0.2, 0.25) is 9.36 Å². The van der Waals surface area contributed by atoms with Gasteiger partial charge in [-0.15, -0.1) is 11.3 Å². The summed E-state index contributed by atoms with van der Waals surface area (Å²) >= 11 is 13.2. The lowest BCUT2D eigenvalue weighted by Crippen LogP contribution is -2.22. The van der Waals surface area contributed by atoms with E-state index in [1.807, 2.05) is 12.1 Å². The van der Waals surface area contributed by atoms with E-state index in [1.165, 1.54) is 11.3 Å². The number of carbonyl (C=O) groups is 1. The molecule has 0 fully saturated rings. The lowest BCUT2D eigenvalue weighted by Gasteiger charge is -2.04. The van der Waals surface area contributed by atoms with E-state index in [0.29, 0.717) is 21.5 Å². The molecule has 1 amide bonds. The van der Waals surface area contributed by atoms with Gasteiger partial charge >= 0.3 is 0 Å². The maximum atomic E-state index is 11.8. The van der Waals surface area contributed by atoms with Gasteiger partial charge in [-0.05, 0) is 24.3 Å². The van der Waals surface area contributed by atoms with Crippen molar-refractivity contribution in [3.8, 4) is 0 Å². The summed E-state index contributed by atoms with van der Waals surface area (Å²) in [6, 6.07) is 10.7. The first-order valence-electron chi connectivity index (χ1n) is 4.94. The first-order chi connectivity index (χ1) is 8.16. The summed E-state index contributed by atoms with van der Waals surface area (Å²) in [7, 11) is 0. The summed E-state index contributed by atoms with van der Waals surface area (Å²) in [4.78, 5) is 12.8. The normalized spacial score (nSPS) is 10.2. The average molecular weight is 286 g/mol. The van der Waals surface area contributed by atoms with E-state index < -0.39 is 0 Å². The van der Waals surface area contributed by atoms with Crippen molar-refractivity contribution in [2.24, 2.45) is 0 Å². The lowest BCUT2D eigenvalue weighted by atomic mass is 10.2. The highest BCUT2D eigenvalue weighted by atomic mass is 35.5. The molecule has 0 radical (unpaired) electrons. The molecule has 88 valence electrons. The number of thiophene rings is 1. The number of benzene rings is 1. The fourth-order valence-electron chi connectivity index (χ4n) is 1.35. The minimum absolute atomic E-state index is 0.180. The van der Waals surface area contributed by atoms with Gasteiger partial charge in [0.25, 0.3) is 5.91 Å². The van der Waals surface area contributed by atoms with E-state index in [9.17, 15) is 4.79 Å². The molecule has 0 bridgehead atoms. The number of carbonyl (C=O) groups excluding carboxylic acids is 1. The zero-order chi connectivity index (χ0) is 12.3. The van der Waals surface area contributed by atoms with Crippen molar-refractivity contribution in [3.63, 3.8) is 0 Å². The number of halogens is 2. The van der Waals surface area contributed by atoms with Gasteiger partial charge in [0.1, 0.15) is 0 Å². The molecule has 2 nitrogen and oxygen atoms in total. The Kier molecular flexibility index (Phi) is 4.05. The Morgan fingerprint density at radius 1 is 1.18 bits per heavy atom. The summed E-state index contributed by atoms with van der Waals surface area (Å²) < 4.78 is 0.715. The Balaban J connectivity index is 2.01. The van der Waals surface area contributed by atoms with Crippen LogP contribution in [0.3, 0.4) is 0 Å². The van der Waals surface area contributed by atoms with E-state index in [2.05, 4.69) is 5.32 Å². The van der Waals surface area contributed by atoms with Gasteiger partial charge in [0, 0.05) is 4.88 Å². The van der Waals surface area contributed by atoms with Crippen molar-refractivity contribution in [3.05, 3.63) is 56.2 Å². The molecular weight excluding hydrogens is 277 g/mol. The minimum atomic E-state index is -0.180. The number of nitrogens with one attached hydrogen (secondary N) is 1. The summed E-state index contributed by atoms with van der Waals surface area (Å²) in [6.45, 7) is 0.460. The third-order valence-electron chi connectivity index (χ3n) is 2.17. The van der Waals surface area contributed by atoms with Crippen LogP contribution >= 0.6 is 34.5 Å². The second-order valence-electron chi connectivity index (χ2n) is 3.37. The van der Waals surface area contributed by atoms with Crippen LogP contribution in [0.25, 0.3) is 0 Å². The Bertz CT molecular complexity index is 539. The number of amides is 1. The van der Waals surface area contributed by atoms with E-state index in [0.717, 1.165) is 4.88 Å². The smallest absolute Gasteiger partial charge is 0.253 e. The molecule has 0 saturated carbocycles. The first-order valence-corrected chi connectivity index (χ1v) is 6.51. The lowest BCUT2D eigenvalue weighted by molar-refractivity contribution is 0.0951. The maximum absolute atomic E-state index is 11.8. The van der Waals surface area contributed by atoms with E-state index in [-0.39, 0.29) is 5.91 Å². The molecule has 0 aliphatic heterocycles. The molecule has 1 heterocycles. The molecule has 1 aromatic carbocycles. The molecule has 2 rings (SSSR count). The third kappa shape index (κ3) is 3.22. The molecule has 0 spiro atoms. The number of hydrogen-bond donors (Lipinski definition) is 1. The van der Waals surface area contributed by atoms with Crippen LogP contribution in [0.5, 0.6) is 0 Å². The van der Waals surface area contributed by atoms with Crippen LogP contribution in [0.1, 0.15) is 15.2 Å². The van der Waals surface area contributed by atoms with Crippen molar-refractivity contribution in [1.82, 2.24) is 5.32 Å². The maximum Gasteiger partial charge on any atom is 0.253 e. The van der Waals surface area contributed by atoms with Crippen LogP contribution in [-0.4, -0.2) is 5.91 Å². The Morgan fingerprint density at radius 2 is 1.94 bits per heavy atom. The number of rotatable bonds is 3. The number of hydrogen-bond acceptors (Lipinski definition) is 2. The molecule has 1 N–H and O–H groups in total. The van der Waals surface area contributed by atoms with Crippen LogP contribution in [0, 0.1) is 0 Å². The molecule has 0 unspecified atom stereocenters. The Hall–Kier alpha value is -1.03. The minimum Gasteiger partial charge on any atom is -0.347 e. The third-order valence-corrected chi connectivity index (χ3v) is 3.73. The predicted molar refractivity (Wildman–Crippen MR) is 72.0 cm³/mol. The molecule has 17 heavy (non-hydrogen) atoms. The average Bonchev–Trinajstić information content (AvgIpc) is 2.73. The van der Waals surface area contributed by atoms with Crippen LogP contribution in [0.4, 0.5) is 0 Å². The molecule has 5 heteroatoms. The standard InChI is InChI=1S/C12H9Cl2NOS/c13-10-4-2-1-3-9(10)12(16)15-7-8-5-6-11(14)17-8/h1-6H,7H2,(H,15,16). The van der Waals surface area contributed by atoms with Crippen molar-refractivity contribution in [1.29, 1.82) is 0 Å². The molecule has 0 aliphatic carbocycles. The fraction of sp³-hybridized carbons (Fsp3) is 0.0833. The zero-order valence-electron chi connectivity index (χ0n) is 8.74.